The van der Waals surface area contributed by atoms with Crippen LogP contribution in [0.2, 0.25) is 0 Å². The average Bonchev–Trinajstić information content (AvgIpc) is 2.88. The standard InChI is InChI=1S/C16H14N2OS/c1-12-7-8-15(20-12)9-14(10-17)16(19)18-11-13-5-3-2-4-6-13/h2-9H,11H2,1H3,(H,18,19)/b14-9+. The molecule has 0 bridgehead atoms. The van der Waals surface area contributed by atoms with Crippen molar-refractivity contribution in [3.8, 4) is 6.07 Å². The number of amides is 1. The Kier molecular flexibility index (Phi) is 4.70. The van der Waals surface area contributed by atoms with E-state index in [0.717, 1.165) is 15.3 Å². The monoisotopic (exact) mass is 282 g/mol. The topological polar surface area (TPSA) is 52.9 Å². The van der Waals surface area contributed by atoms with E-state index in [4.69, 9.17) is 5.26 Å². The van der Waals surface area contributed by atoms with Crippen LogP contribution in [0.1, 0.15) is 15.3 Å². The molecule has 1 aromatic heterocycles. The van der Waals surface area contributed by atoms with Gasteiger partial charge in [-0.15, -0.1) is 11.3 Å². The van der Waals surface area contributed by atoms with Crippen LogP contribution in [0.3, 0.4) is 0 Å². The number of nitrogens with zero attached hydrogens (tertiary/aromatic N) is 1. The minimum Gasteiger partial charge on any atom is -0.347 e. The summed E-state index contributed by atoms with van der Waals surface area (Å²) in [6, 6.07) is 15.4. The molecule has 1 heterocycles. The van der Waals surface area contributed by atoms with Crippen molar-refractivity contribution in [1.82, 2.24) is 5.32 Å². The van der Waals surface area contributed by atoms with Gasteiger partial charge < -0.3 is 5.32 Å². The van der Waals surface area contributed by atoms with E-state index in [9.17, 15) is 4.79 Å². The third-order valence-electron chi connectivity index (χ3n) is 2.71. The van der Waals surface area contributed by atoms with E-state index >= 15 is 0 Å². The van der Waals surface area contributed by atoms with E-state index in [1.807, 2.05) is 55.5 Å². The molecular weight excluding hydrogens is 268 g/mol. The lowest BCUT2D eigenvalue weighted by molar-refractivity contribution is -0.117. The van der Waals surface area contributed by atoms with Gasteiger partial charge in [-0.3, -0.25) is 4.79 Å². The maximum absolute atomic E-state index is 12.0. The van der Waals surface area contributed by atoms with Crippen molar-refractivity contribution >= 4 is 23.3 Å². The lowest BCUT2D eigenvalue weighted by Crippen LogP contribution is -2.23. The Morgan fingerprint density at radius 2 is 2.05 bits per heavy atom. The highest BCUT2D eigenvalue weighted by atomic mass is 32.1. The average molecular weight is 282 g/mol. The van der Waals surface area contributed by atoms with Crippen LogP contribution < -0.4 is 5.32 Å². The van der Waals surface area contributed by atoms with Gasteiger partial charge in [0.1, 0.15) is 11.6 Å². The highest BCUT2D eigenvalue weighted by molar-refractivity contribution is 7.12. The Morgan fingerprint density at radius 1 is 1.30 bits per heavy atom. The summed E-state index contributed by atoms with van der Waals surface area (Å²) in [4.78, 5) is 14.0. The number of benzene rings is 1. The zero-order valence-electron chi connectivity index (χ0n) is 11.1. The van der Waals surface area contributed by atoms with Crippen molar-refractivity contribution in [2.75, 3.05) is 0 Å². The van der Waals surface area contributed by atoms with E-state index in [1.54, 1.807) is 17.4 Å². The molecule has 0 saturated carbocycles. The number of rotatable bonds is 4. The summed E-state index contributed by atoms with van der Waals surface area (Å²) < 4.78 is 0. The number of carbonyl (C=O) groups is 1. The molecule has 0 aliphatic carbocycles. The SMILES string of the molecule is Cc1ccc(/C=C(\C#N)C(=O)NCc2ccccc2)s1. The van der Waals surface area contributed by atoms with Gasteiger partial charge in [-0.1, -0.05) is 30.3 Å². The van der Waals surface area contributed by atoms with Crippen LogP contribution in [-0.2, 0) is 11.3 Å². The largest absolute Gasteiger partial charge is 0.347 e. The van der Waals surface area contributed by atoms with Gasteiger partial charge >= 0.3 is 0 Å². The van der Waals surface area contributed by atoms with Crippen molar-refractivity contribution in [1.29, 1.82) is 5.26 Å². The first kappa shape index (κ1) is 14.0. The Morgan fingerprint density at radius 3 is 2.65 bits per heavy atom. The second-order valence-corrected chi connectivity index (χ2v) is 5.61. The first-order valence-corrected chi connectivity index (χ1v) is 7.01. The van der Waals surface area contributed by atoms with Gasteiger partial charge in [0, 0.05) is 16.3 Å². The lowest BCUT2D eigenvalue weighted by atomic mass is 10.2. The van der Waals surface area contributed by atoms with Crippen molar-refractivity contribution < 1.29 is 4.79 Å². The molecule has 2 aromatic rings. The fraction of sp³-hybridized carbons (Fsp3) is 0.125. The summed E-state index contributed by atoms with van der Waals surface area (Å²) in [5.74, 6) is -0.345. The molecule has 0 fully saturated rings. The number of hydrogen-bond donors (Lipinski definition) is 1. The van der Waals surface area contributed by atoms with Crippen LogP contribution in [0, 0.1) is 18.3 Å². The number of hydrogen-bond acceptors (Lipinski definition) is 3. The first-order valence-electron chi connectivity index (χ1n) is 6.19. The lowest BCUT2D eigenvalue weighted by Gasteiger charge is -2.03. The Labute approximate surface area is 122 Å². The van der Waals surface area contributed by atoms with Gasteiger partial charge in [-0.05, 0) is 30.7 Å². The van der Waals surface area contributed by atoms with Gasteiger partial charge in [0.2, 0.25) is 0 Å². The molecule has 1 aromatic carbocycles. The Balaban J connectivity index is 2.03. The molecular formula is C16H14N2OS. The summed E-state index contributed by atoms with van der Waals surface area (Å²) in [5.41, 5.74) is 1.13. The molecule has 0 spiro atoms. The third-order valence-corrected chi connectivity index (χ3v) is 3.66. The fourth-order valence-electron chi connectivity index (χ4n) is 1.70. The van der Waals surface area contributed by atoms with Crippen molar-refractivity contribution in [2.45, 2.75) is 13.5 Å². The molecule has 3 nitrogen and oxygen atoms in total. The number of nitrogens with one attached hydrogen (secondary N) is 1. The molecule has 0 atom stereocenters. The number of nitriles is 1. The van der Waals surface area contributed by atoms with E-state index in [0.29, 0.717) is 6.54 Å². The summed E-state index contributed by atoms with van der Waals surface area (Å²) >= 11 is 1.56. The maximum atomic E-state index is 12.0. The molecule has 20 heavy (non-hydrogen) atoms. The Hall–Kier alpha value is -2.38. The van der Waals surface area contributed by atoms with Crippen LogP contribution in [0.15, 0.2) is 48.0 Å². The van der Waals surface area contributed by atoms with Gasteiger partial charge in [-0.2, -0.15) is 5.26 Å². The zero-order valence-corrected chi connectivity index (χ0v) is 11.9. The van der Waals surface area contributed by atoms with Gasteiger partial charge in [0.15, 0.2) is 0 Å². The highest BCUT2D eigenvalue weighted by Crippen LogP contribution is 2.18. The van der Waals surface area contributed by atoms with Crippen LogP contribution in [0.4, 0.5) is 0 Å². The van der Waals surface area contributed by atoms with Crippen LogP contribution in [0.5, 0.6) is 0 Å². The molecule has 0 radical (unpaired) electrons. The van der Waals surface area contributed by atoms with Crippen molar-refractivity contribution in [2.24, 2.45) is 0 Å². The van der Waals surface area contributed by atoms with Crippen LogP contribution >= 0.6 is 11.3 Å². The van der Waals surface area contributed by atoms with Crippen LogP contribution in [0.25, 0.3) is 6.08 Å². The third kappa shape index (κ3) is 3.81. The quantitative estimate of drug-likeness (QED) is 0.691. The smallest absolute Gasteiger partial charge is 0.262 e. The second-order valence-electron chi connectivity index (χ2n) is 4.29. The Bertz CT molecular complexity index is 665. The minimum atomic E-state index is -0.345. The molecule has 0 aliphatic rings. The highest BCUT2D eigenvalue weighted by Gasteiger charge is 2.09. The van der Waals surface area contributed by atoms with Gasteiger partial charge in [-0.25, -0.2) is 0 Å². The molecule has 4 heteroatoms. The van der Waals surface area contributed by atoms with E-state index in [-0.39, 0.29) is 11.5 Å². The predicted molar refractivity (Wildman–Crippen MR) is 80.9 cm³/mol. The van der Waals surface area contributed by atoms with E-state index < -0.39 is 0 Å². The minimum absolute atomic E-state index is 0.128. The summed E-state index contributed by atoms with van der Waals surface area (Å²) in [6.45, 7) is 2.41. The molecule has 1 amide bonds. The summed E-state index contributed by atoms with van der Waals surface area (Å²) in [5, 5.41) is 11.8. The summed E-state index contributed by atoms with van der Waals surface area (Å²) in [7, 11) is 0. The normalized spacial score (nSPS) is 10.9. The van der Waals surface area contributed by atoms with Crippen molar-refractivity contribution in [3.63, 3.8) is 0 Å². The maximum Gasteiger partial charge on any atom is 0.262 e. The molecule has 1 N–H and O–H groups in total. The molecule has 0 unspecified atom stereocenters. The van der Waals surface area contributed by atoms with Crippen LogP contribution in [-0.4, -0.2) is 5.91 Å². The van der Waals surface area contributed by atoms with E-state index in [1.165, 1.54) is 0 Å². The van der Waals surface area contributed by atoms with Gasteiger partial charge in [0.05, 0.1) is 0 Å². The molecule has 0 aliphatic heterocycles. The second kappa shape index (κ2) is 6.69. The molecule has 100 valence electrons. The number of aryl methyl sites for hydroxylation is 1. The molecule has 2 rings (SSSR count). The van der Waals surface area contributed by atoms with Gasteiger partial charge in [0.25, 0.3) is 5.91 Å². The summed E-state index contributed by atoms with van der Waals surface area (Å²) in [6.07, 6.45) is 1.62. The predicted octanol–water partition coefficient (Wildman–Crippen LogP) is 3.28. The molecule has 0 saturated heterocycles. The zero-order chi connectivity index (χ0) is 14.4. The fourth-order valence-corrected chi connectivity index (χ4v) is 2.52. The first-order chi connectivity index (χ1) is 9.69. The van der Waals surface area contributed by atoms with Crippen molar-refractivity contribution in [3.05, 3.63) is 63.4 Å². The number of carbonyl (C=O) groups excluding carboxylic acids is 1. The van der Waals surface area contributed by atoms with E-state index in [2.05, 4.69) is 5.32 Å². The number of thiophene rings is 1.